The second kappa shape index (κ2) is 7.11. The van der Waals surface area contributed by atoms with Crippen molar-refractivity contribution < 1.29 is 19.3 Å². The number of nitrogens with zero attached hydrogens (tertiary/aromatic N) is 8. The third kappa shape index (κ3) is 3.53. The van der Waals surface area contributed by atoms with Crippen molar-refractivity contribution in [2.45, 2.75) is 19.3 Å². The molecule has 0 atom stereocenters. The van der Waals surface area contributed by atoms with Gasteiger partial charge in [0.25, 0.3) is 0 Å². The van der Waals surface area contributed by atoms with Crippen molar-refractivity contribution in [1.82, 2.24) is 40.3 Å². The van der Waals surface area contributed by atoms with Gasteiger partial charge in [-0.3, -0.25) is 0 Å². The topological polar surface area (TPSA) is 140 Å². The Kier molecular flexibility index (Phi) is 4.35. The van der Waals surface area contributed by atoms with Crippen molar-refractivity contribution in [2.75, 3.05) is 0 Å². The largest absolute Gasteiger partial charge is 0.335 e. The Bertz CT molecular complexity index is 1030. The van der Waals surface area contributed by atoms with E-state index in [1.54, 1.807) is 24.3 Å². The van der Waals surface area contributed by atoms with Crippen LogP contribution in [0.3, 0.4) is 0 Å². The van der Waals surface area contributed by atoms with Crippen LogP contribution in [-0.4, -0.2) is 52.2 Å². The zero-order valence-corrected chi connectivity index (χ0v) is 13.8. The van der Waals surface area contributed by atoms with Crippen LogP contribution in [0.15, 0.2) is 36.7 Å². The lowest BCUT2D eigenvalue weighted by Gasteiger charge is -2.03. The maximum atomic E-state index is 11.9. The highest BCUT2D eigenvalue weighted by Gasteiger charge is 2.14. The SMILES string of the molecule is O=C(CCCC(=O)On1nnc2cccnc21)On1nnc2cccnc21. The summed E-state index contributed by atoms with van der Waals surface area (Å²) in [5, 5.41) is 15.1. The Morgan fingerprint density at radius 2 is 1.30 bits per heavy atom. The minimum Gasteiger partial charge on any atom is -0.316 e. The lowest BCUT2D eigenvalue weighted by Crippen LogP contribution is -2.23. The molecular weight excluding hydrogens is 356 g/mol. The number of carbonyl (C=O) groups is 2. The van der Waals surface area contributed by atoms with E-state index in [-0.39, 0.29) is 19.3 Å². The van der Waals surface area contributed by atoms with Crippen molar-refractivity contribution in [3.05, 3.63) is 36.7 Å². The molecule has 0 aliphatic rings. The summed E-state index contributed by atoms with van der Waals surface area (Å²) in [4.78, 5) is 43.9. The maximum absolute atomic E-state index is 11.9. The fraction of sp³-hybridized carbons (Fsp3) is 0.200. The molecule has 0 saturated carbocycles. The molecule has 4 rings (SSSR count). The van der Waals surface area contributed by atoms with Gasteiger partial charge in [0.2, 0.25) is 11.3 Å². The highest BCUT2D eigenvalue weighted by molar-refractivity contribution is 5.75. The molecular formula is C15H12N8O4. The summed E-state index contributed by atoms with van der Waals surface area (Å²) in [5.41, 5.74) is 1.66. The zero-order chi connectivity index (χ0) is 18.6. The van der Waals surface area contributed by atoms with Crippen molar-refractivity contribution in [3.8, 4) is 0 Å². The van der Waals surface area contributed by atoms with Crippen molar-refractivity contribution in [3.63, 3.8) is 0 Å². The summed E-state index contributed by atoms with van der Waals surface area (Å²) in [6.07, 6.45) is 3.26. The minimum absolute atomic E-state index is 0.0142. The molecule has 0 unspecified atom stereocenters. The van der Waals surface area contributed by atoms with Crippen LogP contribution in [0.4, 0.5) is 0 Å². The van der Waals surface area contributed by atoms with Gasteiger partial charge in [-0.2, -0.15) is 0 Å². The first-order valence-corrected chi connectivity index (χ1v) is 7.96. The van der Waals surface area contributed by atoms with Crippen molar-refractivity contribution >= 4 is 34.3 Å². The lowest BCUT2D eigenvalue weighted by molar-refractivity contribution is -0.147. The van der Waals surface area contributed by atoms with Gasteiger partial charge in [-0.05, 0) is 50.8 Å². The summed E-state index contributed by atoms with van der Waals surface area (Å²) in [6, 6.07) is 6.78. The molecule has 12 heteroatoms. The van der Waals surface area contributed by atoms with E-state index in [0.717, 1.165) is 9.69 Å². The minimum atomic E-state index is -0.576. The van der Waals surface area contributed by atoms with Crippen molar-refractivity contribution in [2.24, 2.45) is 0 Å². The fourth-order valence-corrected chi connectivity index (χ4v) is 2.27. The Hall–Kier alpha value is -3.96. The van der Waals surface area contributed by atoms with E-state index in [4.69, 9.17) is 9.68 Å². The Balaban J connectivity index is 1.28. The summed E-state index contributed by atoms with van der Waals surface area (Å²) in [7, 11) is 0. The highest BCUT2D eigenvalue weighted by atomic mass is 16.7. The fourth-order valence-electron chi connectivity index (χ4n) is 2.27. The van der Waals surface area contributed by atoms with Gasteiger partial charge in [-0.15, -0.1) is 10.2 Å². The van der Waals surface area contributed by atoms with Gasteiger partial charge in [-0.1, -0.05) is 0 Å². The monoisotopic (exact) mass is 368 g/mol. The van der Waals surface area contributed by atoms with Crippen LogP contribution in [-0.2, 0) is 9.59 Å². The van der Waals surface area contributed by atoms with Gasteiger partial charge >= 0.3 is 11.9 Å². The molecule has 4 aromatic rings. The number of hydrogen-bond acceptors (Lipinski definition) is 10. The second-order valence-corrected chi connectivity index (χ2v) is 5.40. The molecule has 0 saturated heterocycles. The third-order valence-corrected chi connectivity index (χ3v) is 3.50. The highest BCUT2D eigenvalue weighted by Crippen LogP contribution is 2.07. The molecule has 0 N–H and O–H groups in total. The normalized spacial score (nSPS) is 11.0. The molecule has 136 valence electrons. The molecule has 0 amide bonds. The molecule has 12 nitrogen and oxygen atoms in total. The van der Waals surface area contributed by atoms with E-state index >= 15 is 0 Å². The van der Waals surface area contributed by atoms with Crippen LogP contribution in [0.1, 0.15) is 19.3 Å². The van der Waals surface area contributed by atoms with Crippen LogP contribution in [0.2, 0.25) is 0 Å². The predicted octanol–water partition coefficient (Wildman–Crippen LogP) is -0.253. The Labute approximate surface area is 150 Å². The quantitative estimate of drug-likeness (QED) is 0.418. The molecule has 0 fully saturated rings. The van der Waals surface area contributed by atoms with E-state index < -0.39 is 11.9 Å². The van der Waals surface area contributed by atoms with Gasteiger partial charge < -0.3 is 9.68 Å². The number of fused-ring (bicyclic) bond motifs is 2. The molecule has 4 heterocycles. The van der Waals surface area contributed by atoms with Crippen LogP contribution >= 0.6 is 0 Å². The zero-order valence-electron chi connectivity index (χ0n) is 13.8. The average molecular weight is 368 g/mol. The molecule has 4 aromatic heterocycles. The summed E-state index contributed by atoms with van der Waals surface area (Å²) >= 11 is 0. The van der Waals surface area contributed by atoms with E-state index in [1.165, 1.54) is 12.4 Å². The summed E-state index contributed by atoms with van der Waals surface area (Å²) in [5.74, 6) is -1.15. The number of aromatic nitrogens is 8. The van der Waals surface area contributed by atoms with E-state index in [1.807, 2.05) is 0 Å². The van der Waals surface area contributed by atoms with Gasteiger partial charge in [0.1, 0.15) is 11.0 Å². The van der Waals surface area contributed by atoms with Gasteiger partial charge in [-0.25, -0.2) is 19.6 Å². The van der Waals surface area contributed by atoms with Gasteiger partial charge in [0.15, 0.2) is 0 Å². The first kappa shape index (κ1) is 16.5. The number of rotatable bonds is 6. The third-order valence-electron chi connectivity index (χ3n) is 3.50. The summed E-state index contributed by atoms with van der Waals surface area (Å²) < 4.78 is 0. The lowest BCUT2D eigenvalue weighted by atomic mass is 10.2. The molecule has 0 spiro atoms. The maximum Gasteiger partial charge on any atom is 0.335 e. The first-order valence-electron chi connectivity index (χ1n) is 7.96. The second-order valence-electron chi connectivity index (χ2n) is 5.40. The number of hydrogen-bond donors (Lipinski definition) is 0. The predicted molar refractivity (Wildman–Crippen MR) is 87.7 cm³/mol. The number of carbonyl (C=O) groups excluding carboxylic acids is 2. The van der Waals surface area contributed by atoms with Crippen LogP contribution < -0.4 is 9.68 Å². The van der Waals surface area contributed by atoms with Gasteiger partial charge in [0, 0.05) is 25.2 Å². The standard InChI is InChI=1S/C15H12N8O4/c24-12(26-22-14-10(18-20-22)4-2-8-16-14)6-1-7-13(25)27-23-15-11(19-21-23)5-3-9-17-15/h2-5,8-9H,1,6-7H2. The van der Waals surface area contributed by atoms with Crippen LogP contribution in [0.25, 0.3) is 22.3 Å². The van der Waals surface area contributed by atoms with Crippen molar-refractivity contribution in [1.29, 1.82) is 0 Å². The first-order chi connectivity index (χ1) is 13.2. The number of pyridine rings is 2. The van der Waals surface area contributed by atoms with Crippen LogP contribution in [0, 0.1) is 0 Å². The molecule has 0 aliphatic carbocycles. The average Bonchev–Trinajstić information content (AvgIpc) is 3.27. The van der Waals surface area contributed by atoms with E-state index in [0.29, 0.717) is 22.3 Å². The molecule has 0 radical (unpaired) electrons. The molecule has 0 aliphatic heterocycles. The molecule has 0 bridgehead atoms. The Morgan fingerprint density at radius 1 is 0.815 bits per heavy atom. The molecule has 27 heavy (non-hydrogen) atoms. The molecule has 0 aromatic carbocycles. The Morgan fingerprint density at radius 3 is 1.78 bits per heavy atom. The van der Waals surface area contributed by atoms with E-state index in [9.17, 15) is 9.59 Å². The van der Waals surface area contributed by atoms with E-state index in [2.05, 4.69) is 30.6 Å². The summed E-state index contributed by atoms with van der Waals surface area (Å²) in [6.45, 7) is 0. The smallest absolute Gasteiger partial charge is 0.316 e. The van der Waals surface area contributed by atoms with Crippen LogP contribution in [0.5, 0.6) is 0 Å². The van der Waals surface area contributed by atoms with Gasteiger partial charge in [0.05, 0.1) is 0 Å².